The Kier molecular flexibility index (Phi) is 5.00. The minimum Gasteiger partial charge on any atom is -0.330 e. The van der Waals surface area contributed by atoms with Gasteiger partial charge in [-0.2, -0.15) is 4.31 Å². The third kappa shape index (κ3) is 3.37. The zero-order valence-electron chi connectivity index (χ0n) is 11.3. The normalized spacial score (nSPS) is 21.7. The van der Waals surface area contributed by atoms with Crippen LogP contribution in [0.15, 0.2) is 16.3 Å². The van der Waals surface area contributed by atoms with Gasteiger partial charge in [0.05, 0.1) is 0 Å². The molecule has 6 heteroatoms. The van der Waals surface area contributed by atoms with Crippen LogP contribution in [0.25, 0.3) is 0 Å². The van der Waals surface area contributed by atoms with E-state index in [1.807, 2.05) is 13.0 Å². The number of aryl methyl sites for hydroxylation is 1. The van der Waals surface area contributed by atoms with Crippen LogP contribution in [0.3, 0.4) is 0 Å². The van der Waals surface area contributed by atoms with E-state index in [4.69, 9.17) is 5.73 Å². The molecule has 0 spiro atoms. The maximum Gasteiger partial charge on any atom is 0.252 e. The molecule has 108 valence electrons. The first-order chi connectivity index (χ1) is 9.07. The molecule has 1 aliphatic rings. The van der Waals surface area contributed by atoms with E-state index in [-0.39, 0.29) is 0 Å². The van der Waals surface area contributed by atoms with E-state index in [0.29, 0.717) is 29.8 Å². The van der Waals surface area contributed by atoms with Crippen LogP contribution in [0.5, 0.6) is 0 Å². The van der Waals surface area contributed by atoms with Crippen LogP contribution in [0.4, 0.5) is 0 Å². The largest absolute Gasteiger partial charge is 0.330 e. The minimum absolute atomic E-state index is 0.416. The fourth-order valence-corrected chi connectivity index (χ4v) is 5.54. The SMILES string of the molecule is CCc1ccc(S(=O)(=O)N2CCCC(CCN)C2)s1. The lowest BCUT2D eigenvalue weighted by atomic mass is 9.96. The zero-order chi connectivity index (χ0) is 13.9. The van der Waals surface area contributed by atoms with Crippen molar-refractivity contribution in [2.45, 2.75) is 36.8 Å². The summed E-state index contributed by atoms with van der Waals surface area (Å²) >= 11 is 1.39. The highest BCUT2D eigenvalue weighted by molar-refractivity contribution is 7.91. The number of thiophene rings is 1. The van der Waals surface area contributed by atoms with Crippen molar-refractivity contribution in [3.63, 3.8) is 0 Å². The first kappa shape index (κ1) is 15.0. The molecule has 19 heavy (non-hydrogen) atoms. The van der Waals surface area contributed by atoms with Crippen molar-refractivity contribution >= 4 is 21.4 Å². The van der Waals surface area contributed by atoms with Gasteiger partial charge in [0.25, 0.3) is 10.0 Å². The molecule has 2 heterocycles. The number of nitrogens with two attached hydrogens (primary N) is 1. The maximum absolute atomic E-state index is 12.6. The fourth-order valence-electron chi connectivity index (χ4n) is 2.53. The molecule has 2 rings (SSSR count). The third-order valence-electron chi connectivity index (χ3n) is 3.64. The van der Waals surface area contributed by atoms with Crippen LogP contribution in [0.1, 0.15) is 31.1 Å². The van der Waals surface area contributed by atoms with Gasteiger partial charge in [0, 0.05) is 18.0 Å². The van der Waals surface area contributed by atoms with Crippen molar-refractivity contribution < 1.29 is 8.42 Å². The monoisotopic (exact) mass is 302 g/mol. The Morgan fingerprint density at radius 2 is 2.26 bits per heavy atom. The summed E-state index contributed by atoms with van der Waals surface area (Å²) in [6.07, 6.45) is 3.83. The Morgan fingerprint density at radius 3 is 2.89 bits per heavy atom. The van der Waals surface area contributed by atoms with Gasteiger partial charge in [-0.05, 0) is 50.3 Å². The van der Waals surface area contributed by atoms with Gasteiger partial charge in [0.2, 0.25) is 0 Å². The average molecular weight is 302 g/mol. The second-order valence-corrected chi connectivity index (χ2v) is 8.36. The zero-order valence-corrected chi connectivity index (χ0v) is 13.0. The Labute approximate surface area is 119 Å². The van der Waals surface area contributed by atoms with Gasteiger partial charge >= 0.3 is 0 Å². The van der Waals surface area contributed by atoms with Crippen LogP contribution >= 0.6 is 11.3 Å². The first-order valence-electron chi connectivity index (χ1n) is 6.87. The summed E-state index contributed by atoms with van der Waals surface area (Å²) in [5.41, 5.74) is 5.58. The van der Waals surface area contributed by atoms with Crippen molar-refractivity contribution in [3.8, 4) is 0 Å². The third-order valence-corrected chi connectivity index (χ3v) is 7.20. The van der Waals surface area contributed by atoms with Crippen molar-refractivity contribution in [2.24, 2.45) is 11.7 Å². The average Bonchev–Trinajstić information content (AvgIpc) is 2.89. The second-order valence-electron chi connectivity index (χ2n) is 5.02. The number of piperidine rings is 1. The van der Waals surface area contributed by atoms with Gasteiger partial charge in [0.1, 0.15) is 4.21 Å². The minimum atomic E-state index is -3.29. The molecule has 1 aromatic rings. The highest BCUT2D eigenvalue weighted by atomic mass is 32.2. The van der Waals surface area contributed by atoms with Crippen LogP contribution in [0.2, 0.25) is 0 Å². The molecular formula is C13H22N2O2S2. The van der Waals surface area contributed by atoms with E-state index < -0.39 is 10.0 Å². The molecule has 1 atom stereocenters. The summed E-state index contributed by atoms with van der Waals surface area (Å²) in [5.74, 6) is 0.416. The summed E-state index contributed by atoms with van der Waals surface area (Å²) in [6, 6.07) is 3.66. The topological polar surface area (TPSA) is 63.4 Å². The van der Waals surface area contributed by atoms with E-state index >= 15 is 0 Å². The molecule has 0 saturated carbocycles. The van der Waals surface area contributed by atoms with Crippen molar-refractivity contribution in [3.05, 3.63) is 17.0 Å². The summed E-state index contributed by atoms with van der Waals surface area (Å²) in [4.78, 5) is 1.12. The molecule has 2 N–H and O–H groups in total. The highest BCUT2D eigenvalue weighted by Crippen LogP contribution is 2.29. The van der Waals surface area contributed by atoms with Gasteiger partial charge in [-0.15, -0.1) is 11.3 Å². The smallest absolute Gasteiger partial charge is 0.252 e. The van der Waals surface area contributed by atoms with Gasteiger partial charge in [-0.25, -0.2) is 8.42 Å². The van der Waals surface area contributed by atoms with Gasteiger partial charge in [0.15, 0.2) is 0 Å². The molecule has 1 saturated heterocycles. The van der Waals surface area contributed by atoms with Crippen molar-refractivity contribution in [1.82, 2.24) is 4.31 Å². The maximum atomic E-state index is 12.6. The lowest BCUT2D eigenvalue weighted by Crippen LogP contribution is -2.40. The number of sulfonamides is 1. The molecule has 0 radical (unpaired) electrons. The molecule has 4 nitrogen and oxygen atoms in total. The Morgan fingerprint density at radius 1 is 1.47 bits per heavy atom. The predicted molar refractivity (Wildman–Crippen MR) is 78.9 cm³/mol. The van der Waals surface area contributed by atoms with Crippen LogP contribution in [0, 0.1) is 5.92 Å². The van der Waals surface area contributed by atoms with Gasteiger partial charge in [-0.1, -0.05) is 6.92 Å². The van der Waals surface area contributed by atoms with Crippen molar-refractivity contribution in [1.29, 1.82) is 0 Å². The Hall–Kier alpha value is -0.430. The number of hydrogen-bond acceptors (Lipinski definition) is 4. The van der Waals surface area contributed by atoms with E-state index in [0.717, 1.165) is 30.6 Å². The fraction of sp³-hybridized carbons (Fsp3) is 0.692. The lowest BCUT2D eigenvalue weighted by Gasteiger charge is -2.31. The second kappa shape index (κ2) is 6.35. The summed E-state index contributed by atoms with van der Waals surface area (Å²) in [7, 11) is -3.29. The molecular weight excluding hydrogens is 280 g/mol. The molecule has 1 aromatic heterocycles. The van der Waals surface area contributed by atoms with E-state index in [2.05, 4.69) is 0 Å². The molecule has 1 fully saturated rings. The molecule has 1 aliphatic heterocycles. The van der Waals surface area contributed by atoms with Crippen molar-refractivity contribution in [2.75, 3.05) is 19.6 Å². The Bertz CT molecular complexity index is 508. The van der Waals surface area contributed by atoms with E-state index in [9.17, 15) is 8.42 Å². The first-order valence-corrected chi connectivity index (χ1v) is 9.12. The number of nitrogens with zero attached hydrogens (tertiary/aromatic N) is 1. The quantitative estimate of drug-likeness (QED) is 0.905. The van der Waals surface area contributed by atoms with Crippen LogP contribution in [-0.4, -0.2) is 32.4 Å². The summed E-state index contributed by atoms with van der Waals surface area (Å²) < 4.78 is 27.3. The van der Waals surface area contributed by atoms with Crippen LogP contribution < -0.4 is 5.73 Å². The molecule has 0 aliphatic carbocycles. The van der Waals surface area contributed by atoms with Gasteiger partial charge < -0.3 is 5.73 Å². The van der Waals surface area contributed by atoms with E-state index in [1.165, 1.54) is 11.3 Å². The Balaban J connectivity index is 2.14. The molecule has 1 unspecified atom stereocenters. The standard InChI is InChI=1S/C13H22N2O2S2/c1-2-12-5-6-13(18-12)19(16,17)15-9-3-4-11(10-15)7-8-14/h5-6,11H,2-4,7-10,14H2,1H3. The molecule has 0 amide bonds. The number of hydrogen-bond donors (Lipinski definition) is 1. The summed E-state index contributed by atoms with van der Waals surface area (Å²) in [5, 5.41) is 0. The van der Waals surface area contributed by atoms with Crippen LogP contribution in [-0.2, 0) is 16.4 Å². The van der Waals surface area contributed by atoms with E-state index in [1.54, 1.807) is 10.4 Å². The lowest BCUT2D eigenvalue weighted by molar-refractivity contribution is 0.258. The number of rotatable bonds is 5. The molecule has 0 bridgehead atoms. The van der Waals surface area contributed by atoms with Gasteiger partial charge in [-0.3, -0.25) is 0 Å². The highest BCUT2D eigenvalue weighted by Gasteiger charge is 2.30. The predicted octanol–water partition coefficient (Wildman–Crippen LogP) is 2.06. The molecule has 0 aromatic carbocycles. The summed E-state index contributed by atoms with van der Waals surface area (Å²) in [6.45, 7) is 3.94.